The summed E-state index contributed by atoms with van der Waals surface area (Å²) in [7, 11) is -2.93. The van der Waals surface area contributed by atoms with Crippen LogP contribution in [0.1, 0.15) is 44.9 Å². The summed E-state index contributed by atoms with van der Waals surface area (Å²) in [4.78, 5) is 0. The van der Waals surface area contributed by atoms with Crippen molar-refractivity contribution in [3.05, 3.63) is 0 Å². The van der Waals surface area contributed by atoms with Gasteiger partial charge in [0.15, 0.2) is 0 Å². The molecule has 0 amide bonds. The zero-order valence-electron chi connectivity index (χ0n) is 11.1. The second-order valence-electron chi connectivity index (χ2n) is 6.86. The molecule has 3 aliphatic carbocycles. The van der Waals surface area contributed by atoms with Gasteiger partial charge in [-0.05, 0) is 62.2 Å². The average molecular weight is 272 g/mol. The lowest BCUT2D eigenvalue weighted by atomic mass is 9.79. The van der Waals surface area contributed by atoms with Gasteiger partial charge in [0.25, 0.3) is 0 Å². The second kappa shape index (κ2) is 4.48. The summed E-state index contributed by atoms with van der Waals surface area (Å²) >= 11 is 0. The number of rotatable bonds is 3. The van der Waals surface area contributed by atoms with E-state index in [1.165, 1.54) is 25.5 Å². The summed E-state index contributed by atoms with van der Waals surface area (Å²) in [5.41, 5.74) is 0. The van der Waals surface area contributed by atoms with E-state index < -0.39 is 9.84 Å². The topological polar surface area (TPSA) is 54.4 Å². The summed E-state index contributed by atoms with van der Waals surface area (Å²) in [5.74, 6) is 2.45. The fraction of sp³-hybridized carbons (Fsp3) is 1.00. The maximum absolute atomic E-state index is 11.7. The van der Waals surface area contributed by atoms with Crippen molar-refractivity contribution in [2.24, 2.45) is 23.7 Å². The Morgan fingerprint density at radius 2 is 1.67 bits per heavy atom. The summed E-state index contributed by atoms with van der Waals surface area (Å²) < 4.78 is 23.3. The highest BCUT2D eigenvalue weighted by molar-refractivity contribution is 7.91. The molecule has 0 saturated heterocycles. The summed E-state index contributed by atoms with van der Waals surface area (Å²) in [6.45, 7) is 0. The van der Waals surface area contributed by atoms with Gasteiger partial charge in [0.05, 0.1) is 11.4 Å². The van der Waals surface area contributed by atoms with Gasteiger partial charge >= 0.3 is 0 Å². The monoisotopic (exact) mass is 272 g/mol. The first-order chi connectivity index (χ1) is 8.45. The number of fused-ring (bicyclic) bond motifs is 1. The standard InChI is InChI=1S/C14H24O3S/c1-18(16,17)13-4-2-3-9(8-13)14(15)12-6-10-5-11(10)7-12/h9-15H,2-8H2,1H3. The van der Waals surface area contributed by atoms with Crippen LogP contribution in [0, 0.1) is 23.7 Å². The van der Waals surface area contributed by atoms with Crippen LogP contribution in [-0.4, -0.2) is 31.1 Å². The van der Waals surface area contributed by atoms with Crippen LogP contribution in [-0.2, 0) is 9.84 Å². The minimum Gasteiger partial charge on any atom is -0.393 e. The van der Waals surface area contributed by atoms with Crippen molar-refractivity contribution in [2.75, 3.05) is 6.26 Å². The average Bonchev–Trinajstić information content (AvgIpc) is 2.94. The summed E-state index contributed by atoms with van der Waals surface area (Å²) in [6, 6.07) is 0. The lowest BCUT2D eigenvalue weighted by molar-refractivity contribution is 0.0316. The molecular weight excluding hydrogens is 248 g/mol. The molecule has 3 nitrogen and oxygen atoms in total. The third-order valence-electron chi connectivity index (χ3n) is 5.52. The van der Waals surface area contributed by atoms with Crippen molar-refractivity contribution in [3.8, 4) is 0 Å². The Balaban J connectivity index is 1.61. The highest BCUT2D eigenvalue weighted by Crippen LogP contribution is 2.56. The van der Waals surface area contributed by atoms with Gasteiger partial charge in [-0.25, -0.2) is 8.42 Å². The first kappa shape index (κ1) is 12.9. The molecule has 18 heavy (non-hydrogen) atoms. The van der Waals surface area contributed by atoms with Gasteiger partial charge in [0, 0.05) is 6.26 Å². The number of aliphatic hydroxyl groups excluding tert-OH is 1. The van der Waals surface area contributed by atoms with Crippen molar-refractivity contribution in [2.45, 2.75) is 56.3 Å². The normalized spacial score (nSPS) is 45.6. The van der Waals surface area contributed by atoms with Crippen LogP contribution in [0.4, 0.5) is 0 Å². The maximum Gasteiger partial charge on any atom is 0.150 e. The molecular formula is C14H24O3S. The number of hydrogen-bond acceptors (Lipinski definition) is 3. The van der Waals surface area contributed by atoms with Gasteiger partial charge in [0.2, 0.25) is 0 Å². The van der Waals surface area contributed by atoms with Crippen LogP contribution in [0.3, 0.4) is 0 Å². The molecule has 3 fully saturated rings. The van der Waals surface area contributed by atoms with Gasteiger partial charge in [-0.3, -0.25) is 0 Å². The molecule has 0 heterocycles. The van der Waals surface area contributed by atoms with E-state index in [4.69, 9.17) is 0 Å². The molecule has 0 aromatic carbocycles. The third-order valence-corrected chi connectivity index (χ3v) is 7.16. The predicted molar refractivity (Wildman–Crippen MR) is 70.9 cm³/mol. The van der Waals surface area contributed by atoms with E-state index in [2.05, 4.69) is 0 Å². The molecule has 3 saturated carbocycles. The van der Waals surface area contributed by atoms with E-state index in [1.54, 1.807) is 0 Å². The van der Waals surface area contributed by atoms with Gasteiger partial charge in [-0.15, -0.1) is 0 Å². The zero-order valence-corrected chi connectivity index (χ0v) is 11.9. The van der Waals surface area contributed by atoms with Crippen molar-refractivity contribution >= 4 is 9.84 Å². The predicted octanol–water partition coefficient (Wildman–Crippen LogP) is 2.00. The number of aliphatic hydroxyl groups is 1. The molecule has 0 aromatic heterocycles. The lowest BCUT2D eigenvalue weighted by Crippen LogP contribution is -2.36. The van der Waals surface area contributed by atoms with E-state index in [0.717, 1.165) is 31.1 Å². The molecule has 1 N–H and O–H groups in total. The zero-order chi connectivity index (χ0) is 12.9. The lowest BCUT2D eigenvalue weighted by Gasteiger charge is -2.34. The fourth-order valence-electron chi connectivity index (χ4n) is 4.31. The van der Waals surface area contributed by atoms with E-state index in [0.29, 0.717) is 12.3 Å². The number of hydrogen-bond donors (Lipinski definition) is 1. The molecule has 3 aliphatic rings. The van der Waals surface area contributed by atoms with Crippen LogP contribution in [0.25, 0.3) is 0 Å². The second-order valence-corrected chi connectivity index (χ2v) is 9.18. The Bertz CT molecular complexity index is 407. The molecule has 0 spiro atoms. The minimum absolute atomic E-state index is 0.207. The van der Waals surface area contributed by atoms with Gasteiger partial charge in [-0.1, -0.05) is 6.42 Å². The van der Waals surface area contributed by atoms with Crippen molar-refractivity contribution < 1.29 is 13.5 Å². The minimum atomic E-state index is -2.93. The van der Waals surface area contributed by atoms with Crippen LogP contribution in [0.5, 0.6) is 0 Å². The van der Waals surface area contributed by atoms with Crippen molar-refractivity contribution in [1.82, 2.24) is 0 Å². The summed E-state index contributed by atoms with van der Waals surface area (Å²) in [5, 5.41) is 10.3. The van der Waals surface area contributed by atoms with E-state index in [1.807, 2.05) is 0 Å². The highest BCUT2D eigenvalue weighted by atomic mass is 32.2. The number of sulfone groups is 1. The molecule has 0 aliphatic heterocycles. The summed E-state index contributed by atoms with van der Waals surface area (Å²) in [6.07, 6.45) is 8.29. The Kier molecular flexibility index (Phi) is 3.22. The smallest absolute Gasteiger partial charge is 0.150 e. The molecule has 0 bridgehead atoms. The van der Waals surface area contributed by atoms with Gasteiger partial charge in [0.1, 0.15) is 9.84 Å². The molecule has 104 valence electrons. The van der Waals surface area contributed by atoms with Crippen LogP contribution < -0.4 is 0 Å². The van der Waals surface area contributed by atoms with E-state index >= 15 is 0 Å². The SMILES string of the molecule is CS(=O)(=O)C1CCCC(C(O)C2CC3CC3C2)C1. The Morgan fingerprint density at radius 1 is 1.00 bits per heavy atom. The van der Waals surface area contributed by atoms with E-state index in [9.17, 15) is 13.5 Å². The maximum atomic E-state index is 11.7. The van der Waals surface area contributed by atoms with Crippen molar-refractivity contribution in [3.63, 3.8) is 0 Å². The highest BCUT2D eigenvalue weighted by Gasteiger charge is 2.49. The fourth-order valence-corrected chi connectivity index (χ4v) is 5.50. The molecule has 0 aromatic rings. The molecule has 4 heteroatoms. The third kappa shape index (κ3) is 2.46. The first-order valence-corrected chi connectivity index (χ1v) is 9.27. The van der Waals surface area contributed by atoms with Gasteiger partial charge < -0.3 is 5.11 Å². The Hall–Kier alpha value is -0.0900. The van der Waals surface area contributed by atoms with Crippen LogP contribution in [0.15, 0.2) is 0 Å². The van der Waals surface area contributed by atoms with Crippen LogP contribution in [0.2, 0.25) is 0 Å². The quantitative estimate of drug-likeness (QED) is 0.855. The van der Waals surface area contributed by atoms with Crippen LogP contribution >= 0.6 is 0 Å². The Labute approximate surface area is 110 Å². The first-order valence-electron chi connectivity index (χ1n) is 7.32. The van der Waals surface area contributed by atoms with Crippen molar-refractivity contribution in [1.29, 1.82) is 0 Å². The molecule has 0 radical (unpaired) electrons. The Morgan fingerprint density at radius 3 is 2.28 bits per heavy atom. The largest absolute Gasteiger partial charge is 0.393 e. The molecule has 5 atom stereocenters. The molecule has 3 rings (SSSR count). The molecule has 5 unspecified atom stereocenters. The van der Waals surface area contributed by atoms with Gasteiger partial charge in [-0.2, -0.15) is 0 Å². The van der Waals surface area contributed by atoms with E-state index in [-0.39, 0.29) is 17.3 Å².